The second-order valence-corrected chi connectivity index (χ2v) is 9.36. The molecular weight excluding hydrogens is 362 g/mol. The van der Waals surface area contributed by atoms with Gasteiger partial charge in [-0.1, -0.05) is 50.1 Å². The summed E-state index contributed by atoms with van der Waals surface area (Å²) in [7, 11) is 0. The zero-order valence-electron chi connectivity index (χ0n) is 17.9. The van der Waals surface area contributed by atoms with Crippen molar-refractivity contribution in [2.75, 3.05) is 0 Å². The summed E-state index contributed by atoms with van der Waals surface area (Å²) in [6.07, 6.45) is 14.4. The molecule has 2 fully saturated rings. The number of benzene rings is 2. The molecule has 0 bridgehead atoms. The fourth-order valence-corrected chi connectivity index (χ4v) is 5.93. The number of halogens is 2. The zero-order valence-corrected chi connectivity index (χ0v) is 17.9. The van der Waals surface area contributed by atoms with Crippen molar-refractivity contribution in [1.29, 1.82) is 0 Å². The Balaban J connectivity index is 1.55. The minimum Gasteiger partial charge on any atom is -0.206 e. The average molecular weight is 397 g/mol. The molecule has 2 saturated carbocycles. The maximum absolute atomic E-state index is 15.0. The topological polar surface area (TPSA) is 0 Å². The fraction of sp³-hybridized carbons (Fsp3) is 0.556. The van der Waals surface area contributed by atoms with Crippen LogP contribution in [0.3, 0.4) is 0 Å². The van der Waals surface area contributed by atoms with Gasteiger partial charge in [0.15, 0.2) is 0 Å². The van der Waals surface area contributed by atoms with E-state index in [9.17, 15) is 4.39 Å². The zero-order chi connectivity index (χ0) is 20.4. The fourth-order valence-electron chi connectivity index (χ4n) is 5.93. The van der Waals surface area contributed by atoms with Gasteiger partial charge in [0.05, 0.1) is 5.39 Å². The third-order valence-electron chi connectivity index (χ3n) is 7.69. The van der Waals surface area contributed by atoms with Crippen molar-refractivity contribution >= 4 is 10.8 Å². The van der Waals surface area contributed by atoms with Gasteiger partial charge >= 0.3 is 0 Å². The van der Waals surface area contributed by atoms with Crippen molar-refractivity contribution < 1.29 is 8.78 Å². The maximum Gasteiger partial charge on any atom is 0.137 e. The van der Waals surface area contributed by atoms with Crippen LogP contribution in [0.2, 0.25) is 0 Å². The molecule has 156 valence electrons. The highest BCUT2D eigenvalue weighted by Crippen LogP contribution is 2.48. The third-order valence-corrected chi connectivity index (χ3v) is 7.69. The second kappa shape index (κ2) is 8.98. The summed E-state index contributed by atoms with van der Waals surface area (Å²) < 4.78 is 30.0. The summed E-state index contributed by atoms with van der Waals surface area (Å²) >= 11 is 0. The number of hydrogen-bond acceptors (Lipinski definition) is 0. The lowest BCUT2D eigenvalue weighted by Crippen LogP contribution is -2.30. The van der Waals surface area contributed by atoms with Gasteiger partial charge in [-0.25, -0.2) is 8.78 Å². The lowest BCUT2D eigenvalue weighted by Gasteiger charge is -2.42. The maximum atomic E-state index is 15.0. The van der Waals surface area contributed by atoms with E-state index >= 15 is 4.39 Å². The molecule has 0 saturated heterocycles. The first-order valence-corrected chi connectivity index (χ1v) is 11.6. The Labute approximate surface area is 174 Å². The molecule has 2 heteroatoms. The Kier molecular flexibility index (Phi) is 6.37. The molecule has 29 heavy (non-hydrogen) atoms. The Bertz CT molecular complexity index is 882. The van der Waals surface area contributed by atoms with Gasteiger partial charge in [-0.2, -0.15) is 0 Å². The van der Waals surface area contributed by atoms with Gasteiger partial charge in [-0.15, -0.1) is 0 Å². The Hall–Kier alpha value is -1.70. The van der Waals surface area contributed by atoms with Gasteiger partial charge in [-0.3, -0.25) is 0 Å². The molecule has 4 atom stereocenters. The number of aryl methyl sites for hydroxylation is 1. The van der Waals surface area contributed by atoms with Crippen LogP contribution < -0.4 is 0 Å². The Morgan fingerprint density at radius 1 is 1.00 bits per heavy atom. The van der Waals surface area contributed by atoms with Crippen molar-refractivity contribution in [1.82, 2.24) is 0 Å². The smallest absolute Gasteiger partial charge is 0.137 e. The molecule has 0 aromatic heterocycles. The van der Waals surface area contributed by atoms with Gasteiger partial charge in [-0.05, 0) is 98.1 Å². The van der Waals surface area contributed by atoms with E-state index in [2.05, 4.69) is 13.0 Å². The first-order valence-electron chi connectivity index (χ1n) is 11.6. The molecule has 4 rings (SSSR count). The standard InChI is InChI=1S/C27H34F2/c1-3-5-6-7-19-10-13-23-16-24(17-25(28)26(23)27(19)29)22-12-11-20-14-18(4-2)8-9-21(20)15-22/h3,5,10,13,16-18,20-22H,4,6-9,11-12,14-15H2,1-2H3. The minimum absolute atomic E-state index is 0.170. The van der Waals surface area contributed by atoms with Gasteiger partial charge < -0.3 is 0 Å². The van der Waals surface area contributed by atoms with E-state index in [0.29, 0.717) is 23.3 Å². The lowest BCUT2D eigenvalue weighted by molar-refractivity contribution is 0.116. The lowest BCUT2D eigenvalue weighted by atomic mass is 9.63. The van der Waals surface area contributed by atoms with Crippen LogP contribution in [0.4, 0.5) is 8.78 Å². The van der Waals surface area contributed by atoms with Crippen molar-refractivity contribution in [3.63, 3.8) is 0 Å². The molecule has 0 aliphatic heterocycles. The first kappa shape index (κ1) is 20.6. The highest BCUT2D eigenvalue weighted by molar-refractivity contribution is 5.85. The van der Waals surface area contributed by atoms with Gasteiger partial charge in [0.1, 0.15) is 11.6 Å². The van der Waals surface area contributed by atoms with E-state index in [1.807, 2.05) is 31.2 Å². The molecule has 0 N–H and O–H groups in total. The second-order valence-electron chi connectivity index (χ2n) is 9.36. The van der Waals surface area contributed by atoms with Crippen LogP contribution in [0.5, 0.6) is 0 Å². The average Bonchev–Trinajstić information content (AvgIpc) is 2.74. The van der Waals surface area contributed by atoms with Crippen LogP contribution in [-0.2, 0) is 6.42 Å². The predicted octanol–water partition coefficient (Wildman–Crippen LogP) is 8.34. The van der Waals surface area contributed by atoms with Gasteiger partial charge in [0, 0.05) is 0 Å². The van der Waals surface area contributed by atoms with Gasteiger partial charge in [0.25, 0.3) is 0 Å². The number of hydrogen-bond donors (Lipinski definition) is 0. The summed E-state index contributed by atoms with van der Waals surface area (Å²) in [4.78, 5) is 0. The highest BCUT2D eigenvalue weighted by Gasteiger charge is 2.35. The van der Waals surface area contributed by atoms with Crippen LogP contribution in [0.15, 0.2) is 36.4 Å². The van der Waals surface area contributed by atoms with Gasteiger partial charge in [0.2, 0.25) is 0 Å². The molecule has 2 aliphatic rings. The van der Waals surface area contributed by atoms with Crippen LogP contribution >= 0.6 is 0 Å². The van der Waals surface area contributed by atoms with Crippen molar-refractivity contribution in [3.05, 3.63) is 59.2 Å². The number of fused-ring (bicyclic) bond motifs is 2. The van der Waals surface area contributed by atoms with E-state index in [4.69, 9.17) is 0 Å². The van der Waals surface area contributed by atoms with Crippen molar-refractivity contribution in [3.8, 4) is 0 Å². The molecule has 2 aromatic rings. The molecule has 0 heterocycles. The van der Waals surface area contributed by atoms with E-state index in [-0.39, 0.29) is 17.0 Å². The highest BCUT2D eigenvalue weighted by atomic mass is 19.1. The Morgan fingerprint density at radius 2 is 1.79 bits per heavy atom. The van der Waals surface area contributed by atoms with E-state index in [0.717, 1.165) is 36.2 Å². The molecule has 0 amide bonds. The largest absolute Gasteiger partial charge is 0.206 e. The molecule has 0 radical (unpaired) electrons. The summed E-state index contributed by atoms with van der Waals surface area (Å²) in [5.41, 5.74) is 1.68. The van der Waals surface area contributed by atoms with E-state index in [1.165, 1.54) is 38.5 Å². The van der Waals surface area contributed by atoms with Crippen LogP contribution in [0.25, 0.3) is 10.8 Å². The SMILES string of the molecule is CC=CCCc1ccc2cc(C3CCC4CC(CC)CCC4C3)cc(F)c2c1F. The molecule has 4 unspecified atom stereocenters. The van der Waals surface area contributed by atoms with Crippen LogP contribution in [-0.4, -0.2) is 0 Å². The van der Waals surface area contributed by atoms with Crippen LogP contribution in [0.1, 0.15) is 82.3 Å². The molecule has 2 aromatic carbocycles. The quantitative estimate of drug-likeness (QED) is 0.446. The molecule has 0 nitrogen and oxygen atoms in total. The third kappa shape index (κ3) is 4.27. The monoisotopic (exact) mass is 396 g/mol. The van der Waals surface area contributed by atoms with E-state index < -0.39 is 0 Å². The van der Waals surface area contributed by atoms with Crippen LogP contribution in [0, 0.1) is 29.4 Å². The molecular formula is C27H34F2. The number of rotatable bonds is 5. The summed E-state index contributed by atoms with van der Waals surface area (Å²) in [5, 5.41) is 0.882. The molecule has 0 spiro atoms. The van der Waals surface area contributed by atoms with E-state index in [1.54, 1.807) is 6.07 Å². The Morgan fingerprint density at radius 3 is 2.59 bits per heavy atom. The molecule has 2 aliphatic carbocycles. The summed E-state index contributed by atoms with van der Waals surface area (Å²) in [6.45, 7) is 4.28. The van der Waals surface area contributed by atoms with Crippen molar-refractivity contribution in [2.45, 2.75) is 77.6 Å². The minimum atomic E-state index is -0.389. The normalized spacial score (nSPS) is 27.4. The summed E-state index contributed by atoms with van der Waals surface area (Å²) in [6, 6.07) is 7.44. The van der Waals surface area contributed by atoms with Crippen molar-refractivity contribution in [2.24, 2.45) is 17.8 Å². The number of allylic oxidation sites excluding steroid dienone is 2. The summed E-state index contributed by atoms with van der Waals surface area (Å²) in [5.74, 6) is 2.23. The first-order chi connectivity index (χ1) is 14.1. The predicted molar refractivity (Wildman–Crippen MR) is 118 cm³/mol.